The molecule has 0 unspecified atom stereocenters. The quantitative estimate of drug-likeness (QED) is 0.768. The summed E-state index contributed by atoms with van der Waals surface area (Å²) < 4.78 is 0. The normalized spacial score (nSPS) is 11.0. The summed E-state index contributed by atoms with van der Waals surface area (Å²) >= 11 is 2.79. The number of hydrogen-bond acceptors (Lipinski definition) is 7. The lowest BCUT2D eigenvalue weighted by atomic mass is 10.2. The summed E-state index contributed by atoms with van der Waals surface area (Å²) in [7, 11) is 0. The highest BCUT2D eigenvalue weighted by Gasteiger charge is 2.18. The molecule has 0 bridgehead atoms. The van der Waals surface area contributed by atoms with Crippen molar-refractivity contribution in [2.75, 3.05) is 5.32 Å². The fourth-order valence-electron chi connectivity index (χ4n) is 2.07. The second-order valence-corrected chi connectivity index (χ2v) is 6.78. The molecule has 0 saturated heterocycles. The highest BCUT2D eigenvalue weighted by molar-refractivity contribution is 7.20. The number of rotatable bonds is 4. The average Bonchev–Trinajstić information content (AvgIpc) is 3.01. The lowest BCUT2D eigenvalue weighted by Gasteiger charge is -2.05. The van der Waals surface area contributed by atoms with Crippen molar-refractivity contribution in [1.29, 1.82) is 0 Å². The molecule has 3 aromatic heterocycles. The Balaban J connectivity index is 1.96. The van der Waals surface area contributed by atoms with Crippen LogP contribution in [-0.4, -0.2) is 26.0 Å². The first-order valence-corrected chi connectivity index (χ1v) is 7.82. The number of hydrogen-bond donors (Lipinski definition) is 2. The molecule has 0 aliphatic heterocycles. The van der Waals surface area contributed by atoms with Gasteiger partial charge in [-0.05, 0) is 19.4 Å². The lowest BCUT2D eigenvalue weighted by Crippen LogP contribution is -2.01. The van der Waals surface area contributed by atoms with Crippen LogP contribution in [0.25, 0.3) is 10.2 Å². The number of carboxylic acids is 1. The van der Waals surface area contributed by atoms with Gasteiger partial charge < -0.3 is 10.4 Å². The monoisotopic (exact) mass is 320 g/mol. The number of anilines is 1. The Morgan fingerprint density at radius 3 is 2.76 bits per heavy atom. The van der Waals surface area contributed by atoms with Crippen LogP contribution in [-0.2, 0) is 6.54 Å². The van der Waals surface area contributed by atoms with Gasteiger partial charge in [-0.15, -0.1) is 22.7 Å². The number of aromatic nitrogens is 3. The van der Waals surface area contributed by atoms with E-state index in [-0.39, 0.29) is 0 Å². The van der Waals surface area contributed by atoms with Crippen LogP contribution in [0.4, 0.5) is 5.82 Å². The van der Waals surface area contributed by atoms with Crippen molar-refractivity contribution < 1.29 is 9.90 Å². The molecule has 0 fully saturated rings. The summed E-state index contributed by atoms with van der Waals surface area (Å²) in [4.78, 5) is 25.9. The van der Waals surface area contributed by atoms with E-state index in [0.717, 1.165) is 15.3 Å². The highest BCUT2D eigenvalue weighted by atomic mass is 32.1. The Bertz CT molecular complexity index is 825. The first kappa shape index (κ1) is 13.9. The molecule has 6 nitrogen and oxygen atoms in total. The zero-order valence-electron chi connectivity index (χ0n) is 11.4. The lowest BCUT2D eigenvalue weighted by molar-refractivity contribution is 0.0701. The third-order valence-corrected chi connectivity index (χ3v) is 5.12. The summed E-state index contributed by atoms with van der Waals surface area (Å²) in [6, 6.07) is 0. The van der Waals surface area contributed by atoms with Gasteiger partial charge in [-0.25, -0.2) is 19.7 Å². The summed E-state index contributed by atoms with van der Waals surface area (Å²) in [5.74, 6) is -0.271. The minimum Gasteiger partial charge on any atom is -0.477 e. The SMILES string of the molecule is Cc1ncc(CNc2ncnc3sc(C(=O)O)c(C)c23)s1. The summed E-state index contributed by atoms with van der Waals surface area (Å²) in [5, 5.41) is 14.2. The number of nitrogens with zero attached hydrogens (tertiary/aromatic N) is 3. The predicted molar refractivity (Wildman–Crippen MR) is 83.3 cm³/mol. The molecule has 0 aliphatic rings. The molecule has 0 aromatic carbocycles. The van der Waals surface area contributed by atoms with Gasteiger partial charge in [0.25, 0.3) is 0 Å². The first-order valence-electron chi connectivity index (χ1n) is 6.19. The van der Waals surface area contributed by atoms with E-state index >= 15 is 0 Å². The molecular formula is C13H12N4O2S2. The molecule has 21 heavy (non-hydrogen) atoms. The molecule has 3 heterocycles. The zero-order valence-corrected chi connectivity index (χ0v) is 13.0. The fraction of sp³-hybridized carbons (Fsp3) is 0.231. The zero-order chi connectivity index (χ0) is 15.0. The molecule has 0 radical (unpaired) electrons. The minimum absolute atomic E-state index is 0.308. The van der Waals surface area contributed by atoms with Gasteiger partial charge in [0.15, 0.2) is 0 Å². The molecule has 0 aliphatic carbocycles. The van der Waals surface area contributed by atoms with Crippen molar-refractivity contribution in [2.24, 2.45) is 0 Å². The minimum atomic E-state index is -0.931. The number of carbonyl (C=O) groups is 1. The Kier molecular flexibility index (Phi) is 3.56. The summed E-state index contributed by atoms with van der Waals surface area (Å²) in [6.45, 7) is 4.35. The van der Waals surface area contributed by atoms with Crippen LogP contribution in [0.3, 0.4) is 0 Å². The van der Waals surface area contributed by atoms with Gasteiger partial charge in [0.05, 0.1) is 16.9 Å². The Morgan fingerprint density at radius 2 is 2.10 bits per heavy atom. The largest absolute Gasteiger partial charge is 0.477 e. The van der Waals surface area contributed by atoms with Crippen molar-refractivity contribution >= 4 is 44.7 Å². The van der Waals surface area contributed by atoms with Crippen LogP contribution in [0.2, 0.25) is 0 Å². The van der Waals surface area contributed by atoms with Gasteiger partial charge in [-0.3, -0.25) is 0 Å². The van der Waals surface area contributed by atoms with E-state index in [1.165, 1.54) is 17.7 Å². The van der Waals surface area contributed by atoms with E-state index in [4.69, 9.17) is 0 Å². The summed E-state index contributed by atoms with van der Waals surface area (Å²) in [5.41, 5.74) is 0.700. The summed E-state index contributed by atoms with van der Waals surface area (Å²) in [6.07, 6.45) is 3.28. The molecule has 0 amide bonds. The van der Waals surface area contributed by atoms with Crippen LogP contribution < -0.4 is 5.32 Å². The van der Waals surface area contributed by atoms with Crippen LogP contribution in [0.15, 0.2) is 12.5 Å². The maximum Gasteiger partial charge on any atom is 0.346 e. The third-order valence-electron chi connectivity index (χ3n) is 3.02. The second-order valence-electron chi connectivity index (χ2n) is 4.46. The van der Waals surface area contributed by atoms with Crippen LogP contribution in [0.5, 0.6) is 0 Å². The Hall–Kier alpha value is -2.06. The third kappa shape index (κ3) is 2.59. The number of thiophene rings is 1. The first-order chi connectivity index (χ1) is 10.1. The number of carboxylic acid groups (broad SMARTS) is 1. The van der Waals surface area contributed by atoms with E-state index in [2.05, 4.69) is 20.3 Å². The van der Waals surface area contributed by atoms with Gasteiger partial charge in [0.2, 0.25) is 0 Å². The molecule has 0 saturated carbocycles. The molecule has 3 rings (SSSR count). The average molecular weight is 320 g/mol. The molecular weight excluding hydrogens is 308 g/mol. The predicted octanol–water partition coefficient (Wildman–Crippen LogP) is 3.07. The van der Waals surface area contributed by atoms with Crippen molar-refractivity contribution in [3.8, 4) is 0 Å². The molecule has 2 N–H and O–H groups in total. The second kappa shape index (κ2) is 5.38. The Morgan fingerprint density at radius 1 is 1.29 bits per heavy atom. The number of thiazole rings is 1. The number of fused-ring (bicyclic) bond motifs is 1. The van der Waals surface area contributed by atoms with Crippen molar-refractivity contribution in [3.05, 3.63) is 32.8 Å². The van der Waals surface area contributed by atoms with Crippen molar-refractivity contribution in [3.63, 3.8) is 0 Å². The van der Waals surface area contributed by atoms with Crippen LogP contribution in [0, 0.1) is 13.8 Å². The van der Waals surface area contributed by atoms with E-state index in [9.17, 15) is 9.90 Å². The highest BCUT2D eigenvalue weighted by Crippen LogP contribution is 2.33. The van der Waals surface area contributed by atoms with Gasteiger partial charge in [0, 0.05) is 11.1 Å². The standard InChI is InChI=1S/C13H12N4O2S2/c1-6-9-11(15-4-8-3-14-7(2)20-8)16-5-17-12(9)21-10(6)13(18)19/h3,5H,4H2,1-2H3,(H,18,19)(H,15,16,17). The topological polar surface area (TPSA) is 88.0 Å². The maximum atomic E-state index is 11.2. The van der Waals surface area contributed by atoms with Crippen molar-refractivity contribution in [1.82, 2.24) is 15.0 Å². The number of nitrogens with one attached hydrogen (secondary N) is 1. The molecule has 108 valence electrons. The molecule has 8 heteroatoms. The fourth-order valence-corrected chi connectivity index (χ4v) is 3.79. The van der Waals surface area contributed by atoms with Crippen LogP contribution in [0.1, 0.15) is 25.1 Å². The van der Waals surface area contributed by atoms with Gasteiger partial charge in [-0.2, -0.15) is 0 Å². The smallest absolute Gasteiger partial charge is 0.346 e. The van der Waals surface area contributed by atoms with Gasteiger partial charge >= 0.3 is 5.97 Å². The molecule has 0 spiro atoms. The molecule has 3 aromatic rings. The number of aryl methyl sites for hydroxylation is 2. The van der Waals surface area contributed by atoms with Gasteiger partial charge in [-0.1, -0.05) is 0 Å². The Labute approximate surface area is 128 Å². The number of aromatic carboxylic acids is 1. The van der Waals surface area contributed by atoms with E-state index in [0.29, 0.717) is 27.6 Å². The molecule has 0 atom stereocenters. The van der Waals surface area contributed by atoms with E-state index in [1.54, 1.807) is 18.3 Å². The van der Waals surface area contributed by atoms with Gasteiger partial charge in [0.1, 0.15) is 21.9 Å². The van der Waals surface area contributed by atoms with Crippen LogP contribution >= 0.6 is 22.7 Å². The maximum absolute atomic E-state index is 11.2. The van der Waals surface area contributed by atoms with Crippen molar-refractivity contribution in [2.45, 2.75) is 20.4 Å². The van der Waals surface area contributed by atoms with E-state index < -0.39 is 5.97 Å². The van der Waals surface area contributed by atoms with E-state index in [1.807, 2.05) is 13.1 Å².